The molecule has 0 saturated carbocycles. The highest BCUT2D eigenvalue weighted by Gasteiger charge is 2.26. The summed E-state index contributed by atoms with van der Waals surface area (Å²) >= 11 is 0. The maximum absolute atomic E-state index is 12.3. The van der Waals surface area contributed by atoms with Crippen molar-refractivity contribution < 1.29 is 13.2 Å². The molecule has 0 spiro atoms. The largest absolute Gasteiger partial charge is 0.332 e. The third kappa shape index (κ3) is 3.57. The van der Waals surface area contributed by atoms with Crippen molar-refractivity contribution >= 4 is 21.7 Å². The number of fused-ring (bicyclic) bond motifs is 2. The lowest BCUT2D eigenvalue weighted by Crippen LogP contribution is -2.40. The second-order valence-corrected chi connectivity index (χ2v) is 8.40. The number of benzene rings is 1. The van der Waals surface area contributed by atoms with Gasteiger partial charge in [0.1, 0.15) is 5.88 Å². The number of sulfonamides is 1. The molecule has 0 aliphatic heterocycles. The molecule has 0 saturated heterocycles. The summed E-state index contributed by atoms with van der Waals surface area (Å²) < 4.78 is 26.2. The van der Waals surface area contributed by atoms with Crippen LogP contribution < -0.4 is 10.0 Å². The maximum Gasteiger partial charge on any atom is 0.332 e. The molecule has 7 heteroatoms. The molecule has 0 bridgehead atoms. The zero-order chi connectivity index (χ0) is 17.3. The van der Waals surface area contributed by atoms with E-state index in [2.05, 4.69) is 16.1 Å². The van der Waals surface area contributed by atoms with E-state index in [1.165, 1.54) is 22.3 Å². The average molecular weight is 351 g/mol. The number of hydrogen-bond acceptors (Lipinski definition) is 4. The van der Waals surface area contributed by atoms with E-state index < -0.39 is 16.1 Å². The Hall–Kier alpha value is -1.60. The predicted molar refractivity (Wildman–Crippen MR) is 94.7 cm³/mol. The van der Waals surface area contributed by atoms with Gasteiger partial charge < -0.3 is 5.32 Å². The molecule has 0 atom stereocenters. The lowest BCUT2D eigenvalue weighted by atomic mass is 9.99. The van der Waals surface area contributed by atoms with Gasteiger partial charge in [-0.1, -0.05) is 13.0 Å². The van der Waals surface area contributed by atoms with Crippen molar-refractivity contribution in [3.63, 3.8) is 0 Å². The number of urea groups is 1. The number of anilines is 1. The van der Waals surface area contributed by atoms with Crippen LogP contribution in [0.5, 0.6) is 0 Å². The third-order valence-electron chi connectivity index (χ3n) is 4.89. The first-order valence-corrected chi connectivity index (χ1v) is 10.2. The van der Waals surface area contributed by atoms with Gasteiger partial charge in [0.25, 0.3) is 0 Å². The van der Waals surface area contributed by atoms with Crippen LogP contribution >= 0.6 is 0 Å². The van der Waals surface area contributed by atoms with E-state index in [9.17, 15) is 13.2 Å². The van der Waals surface area contributed by atoms with Gasteiger partial charge in [0.05, 0.1) is 0 Å². The maximum atomic E-state index is 12.3. The first-order chi connectivity index (χ1) is 11.4. The minimum absolute atomic E-state index is 0.193. The van der Waals surface area contributed by atoms with E-state index in [4.69, 9.17) is 0 Å². The van der Waals surface area contributed by atoms with Crippen LogP contribution in [-0.2, 0) is 35.7 Å². The van der Waals surface area contributed by atoms with Crippen LogP contribution in [-0.4, -0.2) is 38.8 Å². The van der Waals surface area contributed by atoms with Crippen LogP contribution in [0.2, 0.25) is 0 Å². The normalized spacial score (nSPS) is 16.1. The lowest BCUT2D eigenvalue weighted by molar-refractivity contribution is 0.256. The van der Waals surface area contributed by atoms with Crippen LogP contribution in [0, 0.1) is 0 Å². The zero-order valence-electron chi connectivity index (χ0n) is 14.3. The smallest absolute Gasteiger partial charge is 0.307 e. The summed E-state index contributed by atoms with van der Waals surface area (Å²) in [6, 6.07) is 1.62. The predicted octanol–water partition coefficient (Wildman–Crippen LogP) is 2.02. The molecule has 2 aliphatic rings. The molecule has 6 nitrogen and oxygen atoms in total. The molecule has 0 aromatic heterocycles. The number of rotatable bonds is 5. The molecule has 2 N–H and O–H groups in total. The van der Waals surface area contributed by atoms with E-state index in [0.717, 1.165) is 44.2 Å². The third-order valence-corrected chi connectivity index (χ3v) is 6.17. The lowest BCUT2D eigenvalue weighted by Gasteiger charge is -2.18. The van der Waals surface area contributed by atoms with Crippen molar-refractivity contribution in [2.24, 2.45) is 0 Å². The van der Waals surface area contributed by atoms with Crippen LogP contribution in [0.15, 0.2) is 6.07 Å². The molecule has 2 aliphatic carbocycles. The van der Waals surface area contributed by atoms with Gasteiger partial charge in [0.15, 0.2) is 0 Å². The van der Waals surface area contributed by atoms with Crippen molar-refractivity contribution in [2.45, 2.75) is 45.4 Å². The highest BCUT2D eigenvalue weighted by Crippen LogP contribution is 2.38. The fraction of sp³-hybridized carbons (Fsp3) is 0.588. The fourth-order valence-corrected chi connectivity index (χ4v) is 4.82. The molecule has 24 heavy (non-hydrogen) atoms. The van der Waals surface area contributed by atoms with Crippen LogP contribution in [0.1, 0.15) is 42.0 Å². The number of aryl methyl sites for hydroxylation is 2. The minimum atomic E-state index is -3.68. The molecule has 0 unspecified atom stereocenters. The van der Waals surface area contributed by atoms with Crippen LogP contribution in [0.25, 0.3) is 0 Å². The molecule has 3 rings (SSSR count). The van der Waals surface area contributed by atoms with Crippen LogP contribution in [0.3, 0.4) is 0 Å². The van der Waals surface area contributed by atoms with Crippen molar-refractivity contribution in [1.29, 1.82) is 0 Å². The summed E-state index contributed by atoms with van der Waals surface area (Å²) in [6.45, 7) is 2.47. The van der Waals surface area contributed by atoms with Crippen molar-refractivity contribution in [1.82, 2.24) is 9.62 Å². The Morgan fingerprint density at radius 2 is 1.71 bits per heavy atom. The number of hydrogen-bond donors (Lipinski definition) is 2. The second kappa shape index (κ2) is 6.72. The first kappa shape index (κ1) is 17.2. The molecular formula is C17H25N3O3S. The molecule has 0 fully saturated rings. The van der Waals surface area contributed by atoms with Gasteiger partial charge in [-0.25, -0.2) is 17.9 Å². The highest BCUT2D eigenvalue weighted by molar-refractivity contribution is 7.89. The van der Waals surface area contributed by atoms with E-state index in [1.54, 1.807) is 11.9 Å². The Kier molecular flexibility index (Phi) is 4.83. The number of nitrogens with one attached hydrogen (secondary N) is 2. The van der Waals surface area contributed by atoms with E-state index >= 15 is 0 Å². The number of carbonyl (C=O) groups excluding carboxylic acids is 1. The summed E-state index contributed by atoms with van der Waals surface area (Å²) in [5.74, 6) is -0.193. The van der Waals surface area contributed by atoms with Gasteiger partial charge in [-0.2, -0.15) is 0 Å². The summed E-state index contributed by atoms with van der Waals surface area (Å²) in [5, 5.41) is 2.84. The highest BCUT2D eigenvalue weighted by atomic mass is 32.2. The molecular weight excluding hydrogens is 326 g/mol. The quantitative estimate of drug-likeness (QED) is 0.851. The monoisotopic (exact) mass is 351 g/mol. The number of nitrogens with zero attached hydrogens (tertiary/aromatic N) is 1. The summed E-state index contributed by atoms with van der Waals surface area (Å²) in [6.07, 6.45) is 6.16. The van der Waals surface area contributed by atoms with Gasteiger partial charge in [0, 0.05) is 5.69 Å². The minimum Gasteiger partial charge on any atom is -0.307 e. The average Bonchev–Trinajstić information content (AvgIpc) is 3.14. The van der Waals surface area contributed by atoms with E-state index in [-0.39, 0.29) is 5.88 Å². The molecule has 1 aromatic carbocycles. The Balaban J connectivity index is 1.78. The Morgan fingerprint density at radius 1 is 1.12 bits per heavy atom. The Labute approximate surface area is 143 Å². The van der Waals surface area contributed by atoms with Crippen LogP contribution in [0.4, 0.5) is 10.5 Å². The molecule has 1 aromatic rings. The topological polar surface area (TPSA) is 78.5 Å². The molecule has 132 valence electrons. The fourth-order valence-electron chi connectivity index (χ4n) is 3.66. The standard InChI is InChI=1S/C17H25N3O3S/c1-3-20(2)11-24(22,23)19-17(21)18-16-14-8-4-6-12(14)10-13-7-5-9-15(13)16/h10H,3-9,11H2,1-2H3,(H2,18,19,21). The Morgan fingerprint density at radius 3 is 2.25 bits per heavy atom. The molecule has 0 radical (unpaired) electrons. The van der Waals surface area contributed by atoms with Gasteiger partial charge in [-0.15, -0.1) is 0 Å². The summed E-state index contributed by atoms with van der Waals surface area (Å²) in [4.78, 5) is 13.9. The number of amides is 2. The van der Waals surface area contributed by atoms with Crippen molar-refractivity contribution in [2.75, 3.05) is 24.8 Å². The first-order valence-electron chi connectivity index (χ1n) is 8.56. The SMILES string of the molecule is CCN(C)CS(=O)(=O)NC(=O)Nc1c2c(cc3c1CCC3)CCC2. The van der Waals surface area contributed by atoms with E-state index in [1.807, 2.05) is 6.92 Å². The zero-order valence-corrected chi connectivity index (χ0v) is 15.1. The summed E-state index contributed by atoms with van der Waals surface area (Å²) in [5.41, 5.74) is 5.84. The summed E-state index contributed by atoms with van der Waals surface area (Å²) in [7, 11) is -1.97. The van der Waals surface area contributed by atoms with Gasteiger partial charge in [-0.3, -0.25) is 4.90 Å². The van der Waals surface area contributed by atoms with Gasteiger partial charge in [0.2, 0.25) is 10.0 Å². The Bertz CT molecular complexity index is 727. The second-order valence-electron chi connectivity index (χ2n) is 6.71. The number of carbonyl (C=O) groups is 1. The van der Waals surface area contributed by atoms with Crippen molar-refractivity contribution in [3.8, 4) is 0 Å². The van der Waals surface area contributed by atoms with Gasteiger partial charge in [-0.05, 0) is 74.4 Å². The van der Waals surface area contributed by atoms with Crippen molar-refractivity contribution in [3.05, 3.63) is 28.3 Å². The molecule has 0 heterocycles. The van der Waals surface area contributed by atoms with Gasteiger partial charge >= 0.3 is 6.03 Å². The molecule has 2 amide bonds. The van der Waals surface area contributed by atoms with E-state index in [0.29, 0.717) is 6.54 Å².